The molecule has 2 aromatic rings. The lowest BCUT2D eigenvalue weighted by atomic mass is 9.94. The van der Waals surface area contributed by atoms with Crippen LogP contribution in [0.3, 0.4) is 0 Å². The highest BCUT2D eigenvalue weighted by molar-refractivity contribution is 6.08. The van der Waals surface area contributed by atoms with Crippen molar-refractivity contribution in [1.29, 1.82) is 0 Å². The molecule has 0 bridgehead atoms. The van der Waals surface area contributed by atoms with Gasteiger partial charge < -0.3 is 10.6 Å². The van der Waals surface area contributed by atoms with Crippen molar-refractivity contribution in [3.05, 3.63) is 48.0 Å². The first-order valence-corrected chi connectivity index (χ1v) is 10.8. The van der Waals surface area contributed by atoms with Crippen LogP contribution < -0.4 is 10.6 Å². The lowest BCUT2D eigenvalue weighted by molar-refractivity contribution is -0.135. The van der Waals surface area contributed by atoms with Gasteiger partial charge in [-0.05, 0) is 42.7 Å². The Hall–Kier alpha value is -2.89. The molecule has 1 saturated heterocycles. The van der Waals surface area contributed by atoms with E-state index in [1.54, 1.807) is 6.92 Å². The number of rotatable bonds is 9. The number of amides is 4. The molecule has 2 N–H and O–H groups in total. The summed E-state index contributed by atoms with van der Waals surface area (Å²) < 4.78 is 0. The molecule has 2 aromatic carbocycles. The van der Waals surface area contributed by atoms with Crippen molar-refractivity contribution >= 4 is 28.6 Å². The summed E-state index contributed by atoms with van der Waals surface area (Å²) in [7, 11) is 0. The maximum atomic E-state index is 12.8. The Kier molecular flexibility index (Phi) is 6.75. The number of hydrogen-bond donors (Lipinski definition) is 2. The molecule has 0 radical (unpaired) electrons. The van der Waals surface area contributed by atoms with Gasteiger partial charge in [-0.3, -0.25) is 14.5 Å². The van der Waals surface area contributed by atoms with E-state index < -0.39 is 11.6 Å². The average molecular weight is 410 g/mol. The van der Waals surface area contributed by atoms with Gasteiger partial charge in [0.05, 0.1) is 6.04 Å². The first-order chi connectivity index (χ1) is 14.3. The van der Waals surface area contributed by atoms with Gasteiger partial charge in [-0.25, -0.2) is 4.79 Å². The number of fused-ring (bicyclic) bond motifs is 1. The Morgan fingerprint density at radius 1 is 1.10 bits per heavy atom. The lowest BCUT2D eigenvalue weighted by Crippen LogP contribution is -2.45. The number of benzene rings is 2. The van der Waals surface area contributed by atoms with Crippen molar-refractivity contribution in [1.82, 2.24) is 15.5 Å². The van der Waals surface area contributed by atoms with Gasteiger partial charge in [0.2, 0.25) is 5.91 Å². The highest BCUT2D eigenvalue weighted by Crippen LogP contribution is 2.24. The van der Waals surface area contributed by atoms with Crippen LogP contribution in [0.15, 0.2) is 42.5 Å². The first kappa shape index (κ1) is 21.8. The second-order valence-electron chi connectivity index (χ2n) is 8.36. The summed E-state index contributed by atoms with van der Waals surface area (Å²) in [6, 6.07) is 13.4. The van der Waals surface area contributed by atoms with Crippen LogP contribution in [-0.2, 0) is 9.59 Å². The fourth-order valence-corrected chi connectivity index (χ4v) is 3.96. The standard InChI is InChI=1S/C24H31N3O3/c1-4-5-6-9-14-24(3)22(29)27(23(30)26-24)16-21(28)25-17(2)19-13-12-18-10-7-8-11-20(18)15-19/h7-8,10-13,15,17H,4-6,9,14,16H2,1-3H3,(H,25,28)(H,26,30). The predicted octanol–water partition coefficient (Wildman–Crippen LogP) is 4.30. The van der Waals surface area contributed by atoms with Gasteiger partial charge in [-0.1, -0.05) is 69.0 Å². The zero-order chi connectivity index (χ0) is 21.7. The first-order valence-electron chi connectivity index (χ1n) is 10.8. The molecule has 160 valence electrons. The van der Waals surface area contributed by atoms with E-state index in [2.05, 4.69) is 17.6 Å². The Bertz CT molecular complexity index is 942. The molecule has 1 aliphatic rings. The third-order valence-electron chi connectivity index (χ3n) is 5.83. The van der Waals surface area contributed by atoms with Gasteiger partial charge in [0.1, 0.15) is 12.1 Å². The maximum absolute atomic E-state index is 12.8. The number of carbonyl (C=O) groups excluding carboxylic acids is 3. The van der Waals surface area contributed by atoms with Crippen LogP contribution in [0.2, 0.25) is 0 Å². The minimum atomic E-state index is -0.922. The quantitative estimate of drug-likeness (QED) is 0.479. The second kappa shape index (κ2) is 9.28. The molecule has 1 heterocycles. The third-order valence-corrected chi connectivity index (χ3v) is 5.83. The maximum Gasteiger partial charge on any atom is 0.325 e. The van der Waals surface area contributed by atoms with Crippen LogP contribution in [0.4, 0.5) is 4.79 Å². The number of carbonyl (C=O) groups is 3. The molecule has 0 saturated carbocycles. The van der Waals surface area contributed by atoms with E-state index in [1.807, 2.05) is 49.4 Å². The minimum Gasteiger partial charge on any atom is -0.348 e. The number of nitrogens with zero attached hydrogens (tertiary/aromatic N) is 1. The van der Waals surface area contributed by atoms with Crippen molar-refractivity contribution < 1.29 is 14.4 Å². The Morgan fingerprint density at radius 2 is 1.83 bits per heavy atom. The van der Waals surface area contributed by atoms with Crippen LogP contribution in [0.5, 0.6) is 0 Å². The van der Waals surface area contributed by atoms with E-state index in [0.717, 1.165) is 46.9 Å². The summed E-state index contributed by atoms with van der Waals surface area (Å²) in [6.07, 6.45) is 4.70. The Morgan fingerprint density at radius 3 is 2.57 bits per heavy atom. The molecule has 2 atom stereocenters. The normalized spacial score (nSPS) is 19.8. The van der Waals surface area contributed by atoms with Crippen LogP contribution in [0, 0.1) is 0 Å². The summed E-state index contributed by atoms with van der Waals surface area (Å²) in [5.41, 5.74) is 0.0507. The van der Waals surface area contributed by atoms with E-state index in [4.69, 9.17) is 0 Å². The summed E-state index contributed by atoms with van der Waals surface area (Å²) in [4.78, 5) is 38.7. The average Bonchev–Trinajstić information content (AvgIpc) is 2.94. The van der Waals surface area contributed by atoms with E-state index in [0.29, 0.717) is 6.42 Å². The van der Waals surface area contributed by atoms with Crippen molar-refractivity contribution in [2.75, 3.05) is 6.54 Å². The zero-order valence-corrected chi connectivity index (χ0v) is 18.0. The molecular weight excluding hydrogens is 378 g/mol. The van der Waals surface area contributed by atoms with E-state index in [9.17, 15) is 14.4 Å². The SMILES string of the molecule is CCCCCCC1(C)NC(=O)N(CC(=O)NC(C)c2ccc3ccccc3c2)C1=O. The minimum absolute atomic E-state index is 0.233. The van der Waals surface area contributed by atoms with Crippen molar-refractivity contribution in [2.24, 2.45) is 0 Å². The van der Waals surface area contributed by atoms with Gasteiger partial charge in [0.15, 0.2) is 0 Å². The molecular formula is C24H31N3O3. The van der Waals surface area contributed by atoms with Gasteiger partial charge in [-0.2, -0.15) is 0 Å². The number of urea groups is 1. The van der Waals surface area contributed by atoms with Gasteiger partial charge in [0.25, 0.3) is 5.91 Å². The number of nitrogens with one attached hydrogen (secondary N) is 2. The smallest absolute Gasteiger partial charge is 0.325 e. The monoisotopic (exact) mass is 409 g/mol. The van der Waals surface area contributed by atoms with Crippen molar-refractivity contribution in [3.63, 3.8) is 0 Å². The van der Waals surface area contributed by atoms with Crippen LogP contribution in [-0.4, -0.2) is 34.8 Å². The molecule has 0 aliphatic carbocycles. The van der Waals surface area contributed by atoms with Crippen molar-refractivity contribution in [3.8, 4) is 0 Å². The molecule has 30 heavy (non-hydrogen) atoms. The molecule has 1 aliphatic heterocycles. The summed E-state index contributed by atoms with van der Waals surface area (Å²) >= 11 is 0. The van der Waals surface area contributed by atoms with E-state index in [-0.39, 0.29) is 24.4 Å². The van der Waals surface area contributed by atoms with Crippen LogP contribution >= 0.6 is 0 Å². The highest BCUT2D eigenvalue weighted by Gasteiger charge is 2.47. The molecule has 0 aromatic heterocycles. The van der Waals surface area contributed by atoms with Gasteiger partial charge >= 0.3 is 6.03 Å². The van der Waals surface area contributed by atoms with E-state index in [1.165, 1.54) is 0 Å². The Labute approximate surface area is 178 Å². The van der Waals surface area contributed by atoms with E-state index >= 15 is 0 Å². The summed E-state index contributed by atoms with van der Waals surface area (Å²) in [5.74, 6) is -0.674. The fraction of sp³-hybridized carbons (Fsp3) is 0.458. The molecule has 1 fully saturated rings. The third kappa shape index (κ3) is 4.81. The number of unbranched alkanes of at least 4 members (excludes halogenated alkanes) is 3. The second-order valence-corrected chi connectivity index (χ2v) is 8.36. The lowest BCUT2D eigenvalue weighted by Gasteiger charge is -2.22. The molecule has 0 spiro atoms. The molecule has 6 heteroatoms. The summed E-state index contributed by atoms with van der Waals surface area (Å²) in [6.45, 7) is 5.50. The number of hydrogen-bond acceptors (Lipinski definition) is 3. The highest BCUT2D eigenvalue weighted by atomic mass is 16.2. The van der Waals surface area contributed by atoms with Crippen molar-refractivity contribution in [2.45, 2.75) is 64.5 Å². The van der Waals surface area contributed by atoms with Gasteiger partial charge in [0, 0.05) is 0 Å². The largest absolute Gasteiger partial charge is 0.348 e. The zero-order valence-electron chi connectivity index (χ0n) is 18.0. The van der Waals surface area contributed by atoms with Crippen LogP contribution in [0.1, 0.15) is 64.5 Å². The molecule has 4 amide bonds. The van der Waals surface area contributed by atoms with Crippen LogP contribution in [0.25, 0.3) is 10.8 Å². The van der Waals surface area contributed by atoms with Gasteiger partial charge in [-0.15, -0.1) is 0 Å². The summed E-state index contributed by atoms with van der Waals surface area (Å²) in [5, 5.41) is 7.92. The number of imide groups is 1. The molecule has 6 nitrogen and oxygen atoms in total. The predicted molar refractivity (Wildman–Crippen MR) is 118 cm³/mol. The topological polar surface area (TPSA) is 78.5 Å². The molecule has 2 unspecified atom stereocenters. The fourth-order valence-electron chi connectivity index (χ4n) is 3.96. The molecule has 3 rings (SSSR count). The Balaban J connectivity index is 1.59.